The molecule has 1 fully saturated rings. The minimum Gasteiger partial charge on any atom is -0.488 e. The average molecular weight is 424 g/mol. The summed E-state index contributed by atoms with van der Waals surface area (Å²) in [5, 5.41) is 2.58. The molecule has 0 radical (unpaired) electrons. The predicted molar refractivity (Wildman–Crippen MR) is 101 cm³/mol. The maximum absolute atomic E-state index is 12.9. The molecule has 3 nitrogen and oxygen atoms in total. The Labute approximate surface area is 156 Å². The largest absolute Gasteiger partial charge is 0.488 e. The Bertz CT molecular complexity index is 837. The molecule has 3 rings (SSSR count). The first kappa shape index (κ1) is 17.1. The van der Waals surface area contributed by atoms with Gasteiger partial charge < -0.3 is 10.1 Å². The number of benzene rings is 2. The van der Waals surface area contributed by atoms with Crippen LogP contribution in [0.25, 0.3) is 6.08 Å². The summed E-state index contributed by atoms with van der Waals surface area (Å²) in [4.78, 5) is 12.3. The predicted octanol–water partition coefficient (Wildman–Crippen LogP) is 4.66. The molecule has 1 heterocycles. The van der Waals surface area contributed by atoms with E-state index in [4.69, 9.17) is 17.0 Å². The van der Waals surface area contributed by atoms with Gasteiger partial charge in [0.25, 0.3) is 5.91 Å². The van der Waals surface area contributed by atoms with Gasteiger partial charge in [-0.05, 0) is 42.0 Å². The van der Waals surface area contributed by atoms with E-state index in [1.54, 1.807) is 18.2 Å². The molecule has 0 aliphatic carbocycles. The summed E-state index contributed by atoms with van der Waals surface area (Å²) in [7, 11) is 0. The topological polar surface area (TPSA) is 38.3 Å². The summed E-state index contributed by atoms with van der Waals surface area (Å²) in [6.45, 7) is 0.301. The highest BCUT2D eigenvalue weighted by Gasteiger charge is 2.22. The molecule has 1 aliphatic heterocycles. The first-order valence-corrected chi connectivity index (χ1v) is 8.95. The maximum atomic E-state index is 12.9. The summed E-state index contributed by atoms with van der Waals surface area (Å²) >= 11 is 9.63. The third-order valence-electron chi connectivity index (χ3n) is 3.21. The summed E-state index contributed by atoms with van der Waals surface area (Å²) in [5.41, 5.74) is 1.61. The molecule has 24 heavy (non-hydrogen) atoms. The van der Waals surface area contributed by atoms with E-state index in [-0.39, 0.29) is 11.7 Å². The van der Waals surface area contributed by atoms with E-state index in [0.29, 0.717) is 21.6 Å². The fourth-order valence-corrected chi connectivity index (χ4v) is 3.48. The zero-order valence-corrected chi connectivity index (χ0v) is 15.4. The number of ether oxygens (including phenoxy) is 1. The molecule has 122 valence electrons. The summed E-state index contributed by atoms with van der Waals surface area (Å²) in [5.74, 6) is 0.128. The van der Waals surface area contributed by atoms with Crippen molar-refractivity contribution in [1.29, 1.82) is 0 Å². The van der Waals surface area contributed by atoms with Gasteiger partial charge in [-0.15, -0.1) is 0 Å². The van der Waals surface area contributed by atoms with Gasteiger partial charge in [-0.1, -0.05) is 52.0 Å². The number of hydrogen-bond donors (Lipinski definition) is 1. The molecule has 0 aromatic heterocycles. The summed E-state index contributed by atoms with van der Waals surface area (Å²) in [6, 6.07) is 11.7. The van der Waals surface area contributed by atoms with Crippen molar-refractivity contribution in [2.75, 3.05) is 0 Å². The molecular weight excluding hydrogens is 413 g/mol. The minimum absolute atomic E-state index is 0.213. The molecule has 0 atom stereocenters. The number of nitrogens with one attached hydrogen (secondary N) is 1. The van der Waals surface area contributed by atoms with Gasteiger partial charge in [0, 0.05) is 10.0 Å². The van der Waals surface area contributed by atoms with Crippen LogP contribution in [-0.2, 0) is 11.4 Å². The van der Waals surface area contributed by atoms with Gasteiger partial charge in [-0.2, -0.15) is 0 Å². The van der Waals surface area contributed by atoms with Crippen LogP contribution in [0.2, 0.25) is 0 Å². The number of thioether (sulfide) groups is 1. The van der Waals surface area contributed by atoms with Crippen LogP contribution in [0.5, 0.6) is 5.75 Å². The zero-order valence-electron chi connectivity index (χ0n) is 12.2. The summed E-state index contributed by atoms with van der Waals surface area (Å²) in [6.07, 6.45) is 1.74. The van der Waals surface area contributed by atoms with Crippen LogP contribution in [0.15, 0.2) is 51.8 Å². The highest BCUT2D eigenvalue weighted by atomic mass is 79.9. The van der Waals surface area contributed by atoms with Crippen LogP contribution < -0.4 is 10.1 Å². The molecule has 1 N–H and O–H groups in total. The molecule has 1 amide bonds. The minimum atomic E-state index is -0.284. The number of rotatable bonds is 4. The van der Waals surface area contributed by atoms with Crippen LogP contribution in [0, 0.1) is 5.82 Å². The van der Waals surface area contributed by atoms with Crippen molar-refractivity contribution in [3.05, 3.63) is 68.8 Å². The van der Waals surface area contributed by atoms with Crippen molar-refractivity contribution in [3.8, 4) is 5.75 Å². The van der Waals surface area contributed by atoms with Gasteiger partial charge in [0.2, 0.25) is 0 Å². The lowest BCUT2D eigenvalue weighted by atomic mass is 10.2. The lowest BCUT2D eigenvalue weighted by Crippen LogP contribution is -2.17. The first-order chi connectivity index (χ1) is 11.5. The number of halogens is 2. The van der Waals surface area contributed by atoms with Crippen LogP contribution in [0.1, 0.15) is 11.1 Å². The Morgan fingerprint density at radius 1 is 1.25 bits per heavy atom. The molecule has 0 bridgehead atoms. The van der Waals surface area contributed by atoms with Gasteiger partial charge in [-0.25, -0.2) is 4.39 Å². The monoisotopic (exact) mass is 423 g/mol. The second-order valence-electron chi connectivity index (χ2n) is 4.95. The molecule has 0 unspecified atom stereocenters. The Balaban J connectivity index is 1.83. The standard InChI is InChI=1S/C17H11BrFNO2S2/c18-12-3-6-14(22-9-10-1-4-13(19)5-2-10)11(7-12)8-15-16(21)20-17(23)24-15/h1-8H,9H2,(H,20,21,23)/b15-8-. The molecule has 0 spiro atoms. The third-order valence-corrected chi connectivity index (χ3v) is 4.86. The van der Waals surface area contributed by atoms with E-state index in [1.165, 1.54) is 23.9 Å². The Hall–Kier alpha value is -1.70. The SMILES string of the molecule is O=C1NC(=S)S/C1=C\c1cc(Br)ccc1OCc1ccc(F)cc1. The number of hydrogen-bond acceptors (Lipinski definition) is 4. The highest BCUT2D eigenvalue weighted by molar-refractivity contribution is 9.10. The number of amides is 1. The maximum Gasteiger partial charge on any atom is 0.263 e. The molecule has 1 aliphatic rings. The van der Waals surface area contributed by atoms with E-state index in [2.05, 4.69) is 21.2 Å². The average Bonchev–Trinajstić information content (AvgIpc) is 2.86. The number of carbonyl (C=O) groups is 1. The fourth-order valence-electron chi connectivity index (χ4n) is 2.07. The Morgan fingerprint density at radius 2 is 2.00 bits per heavy atom. The van der Waals surface area contributed by atoms with Crippen molar-refractivity contribution in [2.24, 2.45) is 0 Å². The van der Waals surface area contributed by atoms with E-state index in [9.17, 15) is 9.18 Å². The lowest BCUT2D eigenvalue weighted by molar-refractivity contribution is -0.115. The number of carbonyl (C=O) groups excluding carboxylic acids is 1. The van der Waals surface area contributed by atoms with Crippen molar-refractivity contribution in [2.45, 2.75) is 6.61 Å². The van der Waals surface area contributed by atoms with Crippen molar-refractivity contribution < 1.29 is 13.9 Å². The van der Waals surface area contributed by atoms with E-state index in [0.717, 1.165) is 15.6 Å². The molecule has 7 heteroatoms. The van der Waals surface area contributed by atoms with Gasteiger partial charge >= 0.3 is 0 Å². The van der Waals surface area contributed by atoms with Crippen LogP contribution in [0.4, 0.5) is 4.39 Å². The van der Waals surface area contributed by atoms with Crippen LogP contribution >= 0.6 is 39.9 Å². The summed E-state index contributed by atoms with van der Waals surface area (Å²) < 4.78 is 20.1. The quantitative estimate of drug-likeness (QED) is 0.573. The highest BCUT2D eigenvalue weighted by Crippen LogP contribution is 2.31. The third kappa shape index (κ3) is 4.23. The molecule has 2 aromatic carbocycles. The van der Waals surface area contributed by atoms with Crippen LogP contribution in [-0.4, -0.2) is 10.2 Å². The molecule has 1 saturated heterocycles. The van der Waals surface area contributed by atoms with Crippen molar-refractivity contribution in [1.82, 2.24) is 5.32 Å². The van der Waals surface area contributed by atoms with E-state index >= 15 is 0 Å². The first-order valence-electron chi connectivity index (χ1n) is 6.93. The van der Waals surface area contributed by atoms with Crippen molar-refractivity contribution >= 4 is 56.2 Å². The van der Waals surface area contributed by atoms with Gasteiger partial charge in [0.15, 0.2) is 0 Å². The van der Waals surface area contributed by atoms with Gasteiger partial charge in [0.05, 0.1) is 4.91 Å². The zero-order chi connectivity index (χ0) is 17.1. The second kappa shape index (κ2) is 7.46. The van der Waals surface area contributed by atoms with Gasteiger partial charge in [-0.3, -0.25) is 4.79 Å². The molecule has 0 saturated carbocycles. The van der Waals surface area contributed by atoms with E-state index < -0.39 is 0 Å². The fraction of sp³-hybridized carbons (Fsp3) is 0.0588. The lowest BCUT2D eigenvalue weighted by Gasteiger charge is -2.10. The number of thiocarbonyl (C=S) groups is 1. The normalized spacial score (nSPS) is 15.7. The van der Waals surface area contributed by atoms with Crippen molar-refractivity contribution in [3.63, 3.8) is 0 Å². The Kier molecular flexibility index (Phi) is 5.33. The molecule has 2 aromatic rings. The smallest absolute Gasteiger partial charge is 0.263 e. The Morgan fingerprint density at radius 3 is 2.67 bits per heavy atom. The second-order valence-corrected chi connectivity index (χ2v) is 7.58. The van der Waals surface area contributed by atoms with E-state index in [1.807, 2.05) is 18.2 Å². The molecular formula is C17H11BrFNO2S2. The van der Waals surface area contributed by atoms with Crippen LogP contribution in [0.3, 0.4) is 0 Å². The van der Waals surface area contributed by atoms with Gasteiger partial charge in [0.1, 0.15) is 22.5 Å².